The zero-order valence-electron chi connectivity index (χ0n) is 77.9. The van der Waals surface area contributed by atoms with Gasteiger partial charge in [-0.15, -0.1) is 0 Å². The molecule has 5 saturated carbocycles. The molecule has 5 amide bonds. The number of benzene rings is 3. The number of carbonyl (C=O) groups is 12. The summed E-state index contributed by atoms with van der Waals surface area (Å²) in [6.45, 7) is 57.2. The van der Waals surface area contributed by atoms with Crippen LogP contribution in [0.2, 0.25) is 0 Å². The van der Waals surface area contributed by atoms with Gasteiger partial charge in [0.2, 0.25) is 29.5 Å². The first kappa shape index (κ1) is 101. The highest BCUT2D eigenvalue weighted by Crippen LogP contribution is 2.51. The van der Waals surface area contributed by atoms with E-state index in [4.69, 9.17) is 0 Å². The zero-order valence-corrected chi connectivity index (χ0v) is 77.9. The predicted molar refractivity (Wildman–Crippen MR) is 467 cm³/mol. The van der Waals surface area contributed by atoms with Gasteiger partial charge >= 0.3 is 0 Å². The van der Waals surface area contributed by atoms with Gasteiger partial charge in [0.25, 0.3) is 0 Å². The van der Waals surface area contributed by atoms with Crippen LogP contribution < -0.4 is 26.6 Å². The van der Waals surface area contributed by atoms with E-state index in [1.807, 2.05) is 208 Å². The van der Waals surface area contributed by atoms with Crippen LogP contribution in [0.1, 0.15) is 295 Å². The molecule has 0 bridgehead atoms. The van der Waals surface area contributed by atoms with Gasteiger partial charge in [0.1, 0.15) is 28.8 Å². The van der Waals surface area contributed by atoms with E-state index in [-0.39, 0.29) is 162 Å². The molecular formula is C98H138F3N9O12. The van der Waals surface area contributed by atoms with Crippen LogP contribution in [-0.2, 0) is 47.9 Å². The summed E-state index contributed by atoms with van der Waals surface area (Å²) < 4.78 is 39.0. The lowest BCUT2D eigenvalue weighted by Gasteiger charge is -2.34. The van der Waals surface area contributed by atoms with Crippen molar-refractivity contribution in [1.82, 2.24) is 46.5 Å². The summed E-state index contributed by atoms with van der Waals surface area (Å²) in [6.07, 6.45) is 12.0. The second-order valence-corrected chi connectivity index (χ2v) is 44.4. The number of hydrogen-bond acceptors (Lipinski definition) is 16. The Balaban J connectivity index is 0.000000236. The van der Waals surface area contributed by atoms with E-state index in [9.17, 15) is 70.7 Å². The van der Waals surface area contributed by atoms with Crippen LogP contribution in [0.5, 0.6) is 0 Å². The molecule has 0 radical (unpaired) electrons. The molecule has 0 aliphatic heterocycles. The van der Waals surface area contributed by atoms with Gasteiger partial charge in [-0.3, -0.25) is 67.5 Å². The molecular weight excluding hydrogens is 1550 g/mol. The third kappa shape index (κ3) is 28.9. The number of aromatic nitrogens is 4. The first-order valence-electron chi connectivity index (χ1n) is 42.7. The molecule has 122 heavy (non-hydrogen) atoms. The Kier molecular flexibility index (Phi) is 32.3. The highest BCUT2D eigenvalue weighted by molar-refractivity contribution is 6.05. The van der Waals surface area contributed by atoms with E-state index in [0.29, 0.717) is 12.8 Å². The third-order valence-electron chi connectivity index (χ3n) is 22.6. The molecule has 5 N–H and O–H groups in total. The SMILES string of the molecule is CC(C)(C)C(=O)[C@@H](NC(=O)C1C[C@@H]1C(=O)c1cnccn1)C(C)(C)C.CC(C)(C)C(=O)[C@@H](NC(=O)[C@@H]1CC1C(=O)c1cnccn1)C(C)(C)C.CC(C)(C)C(=O)[C@@H](NC(=O)[C@@H]1CC1c1ccc(F)cc1)C(C)(C)C.CC(C)(C)C(=O)[C@@H](NC(=O)[C@@H]1CC1c1ccc(F)cc1)C(C)(C)C.CC(C)(C)C(=O)[C@@H](NC(=O)[C@@H]1CC1c1ccc(F)cc1)C(C)(C)C. The van der Waals surface area contributed by atoms with E-state index < -0.39 is 79.9 Å². The minimum absolute atomic E-state index is 0.00852. The van der Waals surface area contributed by atoms with Crippen LogP contribution in [-0.4, -0.2) is 120 Å². The van der Waals surface area contributed by atoms with Crippen LogP contribution in [0.4, 0.5) is 13.2 Å². The topological polar surface area (TPSA) is 317 Å². The number of nitrogens with one attached hydrogen (secondary N) is 5. The summed E-state index contributed by atoms with van der Waals surface area (Å²) in [5.74, 6) is -3.32. The highest BCUT2D eigenvalue weighted by atomic mass is 19.1. The van der Waals surface area contributed by atoms with Crippen molar-refractivity contribution >= 4 is 70.0 Å². The zero-order chi connectivity index (χ0) is 92.8. The average Bonchev–Trinajstić information content (AvgIpc) is 1.64. The quantitative estimate of drug-likeness (QED) is 0.0402. The maximum absolute atomic E-state index is 13.0. The first-order valence-corrected chi connectivity index (χ1v) is 42.7. The van der Waals surface area contributed by atoms with E-state index >= 15 is 0 Å². The second-order valence-electron chi connectivity index (χ2n) is 44.4. The van der Waals surface area contributed by atoms with Crippen molar-refractivity contribution in [3.05, 3.63) is 156 Å². The van der Waals surface area contributed by atoms with Gasteiger partial charge in [0.15, 0.2) is 40.5 Å². The van der Waals surface area contributed by atoms with Crippen molar-refractivity contribution in [1.29, 1.82) is 0 Å². The number of nitrogens with zero attached hydrogens (tertiary/aromatic N) is 4. The first-order chi connectivity index (χ1) is 55.6. The largest absolute Gasteiger partial charge is 0.345 e. The molecule has 5 aliphatic rings. The third-order valence-corrected chi connectivity index (χ3v) is 22.6. The van der Waals surface area contributed by atoms with Gasteiger partial charge in [-0.25, -0.2) is 23.1 Å². The van der Waals surface area contributed by atoms with Crippen LogP contribution in [0, 0.1) is 113 Å². The summed E-state index contributed by atoms with van der Waals surface area (Å²) in [5.41, 5.74) is -0.987. The van der Waals surface area contributed by atoms with Crippen molar-refractivity contribution in [3.8, 4) is 0 Å². The smallest absolute Gasteiger partial charge is 0.224 e. The van der Waals surface area contributed by atoms with Crippen LogP contribution in [0.25, 0.3) is 0 Å². The summed E-state index contributed by atoms with van der Waals surface area (Å²) in [4.78, 5) is 167. The van der Waals surface area contributed by atoms with Crippen LogP contribution >= 0.6 is 0 Å². The molecule has 5 fully saturated rings. The summed E-state index contributed by atoms with van der Waals surface area (Å²) >= 11 is 0. The minimum atomic E-state index is -0.590. The number of carbonyl (C=O) groups excluding carboxylic acids is 12. The van der Waals surface area contributed by atoms with E-state index in [1.165, 1.54) is 73.6 Å². The molecule has 3 aromatic carbocycles. The molecule has 2 heterocycles. The molecule has 5 aliphatic carbocycles. The monoisotopic (exact) mass is 1690 g/mol. The average molecular weight is 1690 g/mol. The summed E-state index contributed by atoms with van der Waals surface area (Å²) in [6, 6.07) is 16.2. The van der Waals surface area contributed by atoms with Crippen molar-refractivity contribution < 1.29 is 70.7 Å². The lowest BCUT2D eigenvalue weighted by molar-refractivity contribution is -0.135. The maximum Gasteiger partial charge on any atom is 0.224 e. The van der Waals surface area contributed by atoms with Gasteiger partial charge in [0.05, 0.1) is 42.6 Å². The van der Waals surface area contributed by atoms with Crippen LogP contribution in [0.15, 0.2) is 110 Å². The molecule has 5 aromatic rings. The fourth-order valence-corrected chi connectivity index (χ4v) is 14.3. The molecule has 668 valence electrons. The Morgan fingerprint density at radius 2 is 0.459 bits per heavy atom. The molecule has 24 heteroatoms. The molecule has 21 nitrogen and oxygen atoms in total. The minimum Gasteiger partial charge on any atom is -0.345 e. The lowest BCUT2D eigenvalue weighted by Crippen LogP contribution is -2.53. The Morgan fingerprint density at radius 1 is 0.270 bits per heavy atom. The number of hydrogen-bond donors (Lipinski definition) is 5. The predicted octanol–water partition coefficient (Wildman–Crippen LogP) is 17.1. The fraction of sp³-hybridized carbons (Fsp3) is 0.612. The highest BCUT2D eigenvalue weighted by Gasteiger charge is 2.54. The molecule has 5 unspecified atom stereocenters. The van der Waals surface area contributed by atoms with Gasteiger partial charge in [-0.05, 0) is 130 Å². The van der Waals surface area contributed by atoms with Gasteiger partial charge in [-0.2, -0.15) is 0 Å². The Morgan fingerprint density at radius 3 is 0.623 bits per heavy atom. The van der Waals surface area contributed by atoms with Crippen molar-refractivity contribution in [2.24, 2.45) is 95.6 Å². The Hall–Kier alpha value is -9.35. The molecule has 0 saturated heterocycles. The number of rotatable bonds is 22. The summed E-state index contributed by atoms with van der Waals surface area (Å²) in [5, 5.41) is 14.7. The maximum atomic E-state index is 13.0. The number of Topliss-reactive ketones (excluding diaryl/α,β-unsaturated/α-hetero) is 7. The number of ketones is 7. The normalized spacial score (nSPS) is 21.7. The van der Waals surface area contributed by atoms with Gasteiger partial charge in [-0.1, -0.05) is 244 Å². The fourth-order valence-electron chi connectivity index (χ4n) is 14.3. The van der Waals surface area contributed by atoms with E-state index in [1.54, 1.807) is 36.4 Å². The molecule has 0 spiro atoms. The summed E-state index contributed by atoms with van der Waals surface area (Å²) in [7, 11) is 0. The standard InChI is InChI=1S/3C20H28FNO2.2C19H27N3O3/c3*1-19(2,3)16(17(23)20(4,5)6)22-18(24)15-11-14(15)12-7-9-13(21)10-8-12;2*1-18(2,3)15(16(24)19(4,5)6)22-17(25)12-9-11(12)14(23)13-10-20-7-8-21-13/h3*7-10,14-16H,11H2,1-6H3,(H,22,24);2*7-8,10-12,15H,9H2,1-6H3,(H,22,25)/t3*14?,15-,16-;11?,12-,15-;11-,12?,15+/m11110/s1. The van der Waals surface area contributed by atoms with Crippen LogP contribution in [0.3, 0.4) is 0 Å². The Labute approximate surface area is 722 Å². The van der Waals surface area contributed by atoms with Gasteiger partial charge in [0, 0.05) is 93.3 Å². The van der Waals surface area contributed by atoms with E-state index in [0.717, 1.165) is 36.0 Å². The lowest BCUT2D eigenvalue weighted by atomic mass is 9.75. The van der Waals surface area contributed by atoms with Gasteiger partial charge < -0.3 is 26.6 Å². The molecule has 2 aromatic heterocycles. The van der Waals surface area contributed by atoms with Crippen molar-refractivity contribution in [2.45, 2.75) is 288 Å². The van der Waals surface area contributed by atoms with Crippen molar-refractivity contribution in [2.75, 3.05) is 0 Å². The van der Waals surface area contributed by atoms with E-state index in [2.05, 4.69) is 46.5 Å². The molecule has 10 rings (SSSR count). The second kappa shape index (κ2) is 38.8. The number of halogens is 3. The van der Waals surface area contributed by atoms with Crippen molar-refractivity contribution in [3.63, 3.8) is 0 Å². The number of amides is 5. The molecule has 15 atom stereocenters. The Bertz CT molecular complexity index is 4170.